The second-order valence-electron chi connectivity index (χ2n) is 6.19. The number of hydrogen-bond acceptors (Lipinski definition) is 3. The minimum atomic E-state index is 0.649. The number of nitrogens with zero attached hydrogens (tertiary/aromatic N) is 3. The molecule has 3 rings (SSSR count). The van der Waals surface area contributed by atoms with E-state index in [4.69, 9.17) is 0 Å². The van der Waals surface area contributed by atoms with Gasteiger partial charge in [0.15, 0.2) is 0 Å². The monoisotopic (exact) mass is 259 g/mol. The van der Waals surface area contributed by atoms with Crippen molar-refractivity contribution in [1.29, 1.82) is 0 Å². The molecule has 0 saturated carbocycles. The maximum Gasteiger partial charge on any atom is 0.0573 e. The van der Waals surface area contributed by atoms with Crippen molar-refractivity contribution in [2.75, 3.05) is 19.6 Å². The number of piperidine rings is 1. The minimum Gasteiger partial charge on any atom is -0.298 e. The molecule has 0 radical (unpaired) electrons. The molecule has 0 aliphatic carbocycles. The van der Waals surface area contributed by atoms with Gasteiger partial charge in [0.1, 0.15) is 0 Å². The Balaban J connectivity index is 1.69. The van der Waals surface area contributed by atoms with Gasteiger partial charge in [0, 0.05) is 37.9 Å². The molecule has 1 aromatic rings. The molecule has 19 heavy (non-hydrogen) atoms. The van der Waals surface area contributed by atoms with Crippen molar-refractivity contribution in [3.8, 4) is 0 Å². The zero-order chi connectivity index (χ0) is 13.2. The molecule has 0 aromatic carbocycles. The van der Waals surface area contributed by atoms with Gasteiger partial charge in [-0.3, -0.25) is 14.8 Å². The van der Waals surface area contributed by atoms with Crippen LogP contribution in [0, 0.1) is 6.92 Å². The van der Waals surface area contributed by atoms with Gasteiger partial charge in [0.2, 0.25) is 0 Å². The summed E-state index contributed by atoms with van der Waals surface area (Å²) >= 11 is 0. The molecule has 2 aliphatic rings. The topological polar surface area (TPSA) is 19.4 Å². The van der Waals surface area contributed by atoms with Crippen LogP contribution in [0.4, 0.5) is 0 Å². The summed E-state index contributed by atoms with van der Waals surface area (Å²) in [7, 11) is 0. The number of aromatic nitrogens is 1. The molecule has 2 atom stereocenters. The van der Waals surface area contributed by atoms with E-state index in [1.165, 1.54) is 50.2 Å². The van der Waals surface area contributed by atoms with Gasteiger partial charge >= 0.3 is 0 Å². The van der Waals surface area contributed by atoms with Crippen molar-refractivity contribution in [3.05, 3.63) is 29.6 Å². The Kier molecular flexibility index (Phi) is 3.85. The zero-order valence-corrected chi connectivity index (χ0v) is 12.2. The molecular weight excluding hydrogens is 234 g/mol. The van der Waals surface area contributed by atoms with E-state index in [2.05, 4.69) is 34.7 Å². The first-order chi connectivity index (χ1) is 9.24. The van der Waals surface area contributed by atoms with Crippen LogP contribution in [0.1, 0.15) is 37.4 Å². The molecular formula is C16H25N3. The van der Waals surface area contributed by atoms with Crippen LogP contribution in [0.2, 0.25) is 0 Å². The quantitative estimate of drug-likeness (QED) is 0.813. The van der Waals surface area contributed by atoms with Gasteiger partial charge in [-0.2, -0.15) is 0 Å². The van der Waals surface area contributed by atoms with Gasteiger partial charge < -0.3 is 0 Å². The summed E-state index contributed by atoms with van der Waals surface area (Å²) in [5.74, 6) is 0. The minimum absolute atomic E-state index is 0.649. The third kappa shape index (κ3) is 2.82. The second-order valence-corrected chi connectivity index (χ2v) is 6.19. The van der Waals surface area contributed by atoms with E-state index >= 15 is 0 Å². The van der Waals surface area contributed by atoms with Gasteiger partial charge in [-0.25, -0.2) is 0 Å². The molecule has 3 heterocycles. The first-order valence-electron chi connectivity index (χ1n) is 7.62. The number of fused-ring (bicyclic) bond motifs is 1. The van der Waals surface area contributed by atoms with Crippen LogP contribution in [-0.4, -0.2) is 46.5 Å². The van der Waals surface area contributed by atoms with Crippen LogP contribution in [0.5, 0.6) is 0 Å². The summed E-state index contributed by atoms with van der Waals surface area (Å²) in [5.41, 5.74) is 2.57. The Bertz CT molecular complexity index is 432. The number of pyridine rings is 1. The summed E-state index contributed by atoms with van der Waals surface area (Å²) in [4.78, 5) is 9.89. The first-order valence-corrected chi connectivity index (χ1v) is 7.62. The molecule has 0 N–H and O–H groups in total. The third-order valence-corrected chi connectivity index (χ3v) is 4.79. The maximum atomic E-state index is 4.56. The van der Waals surface area contributed by atoms with Crippen LogP contribution in [-0.2, 0) is 6.54 Å². The fourth-order valence-electron chi connectivity index (χ4n) is 3.51. The van der Waals surface area contributed by atoms with Crippen LogP contribution in [0.3, 0.4) is 0 Å². The predicted molar refractivity (Wildman–Crippen MR) is 78.1 cm³/mol. The van der Waals surface area contributed by atoms with Crippen LogP contribution < -0.4 is 0 Å². The number of rotatable bonds is 2. The number of hydrogen-bond donors (Lipinski definition) is 0. The van der Waals surface area contributed by atoms with Crippen molar-refractivity contribution in [3.63, 3.8) is 0 Å². The summed E-state index contributed by atoms with van der Waals surface area (Å²) < 4.78 is 0. The lowest BCUT2D eigenvalue weighted by atomic mass is 9.97. The van der Waals surface area contributed by atoms with E-state index in [1.807, 2.05) is 12.3 Å². The summed E-state index contributed by atoms with van der Waals surface area (Å²) in [6, 6.07) is 5.63. The Morgan fingerprint density at radius 1 is 1.32 bits per heavy atom. The number of piperazine rings is 1. The highest BCUT2D eigenvalue weighted by atomic mass is 15.3. The standard InChI is InChI=1S/C16H25N3/c1-13-6-5-8-17-16(13)12-19-11-15-7-3-4-9-18(15)10-14(19)2/h5-6,8,14-15H,3-4,7,9-12H2,1-2H3. The SMILES string of the molecule is Cc1cccnc1CN1CC2CCCCN2CC1C. The van der Waals surface area contributed by atoms with E-state index in [9.17, 15) is 0 Å². The van der Waals surface area contributed by atoms with E-state index in [1.54, 1.807) is 0 Å². The fourth-order valence-corrected chi connectivity index (χ4v) is 3.51. The van der Waals surface area contributed by atoms with Crippen molar-refractivity contribution < 1.29 is 0 Å². The van der Waals surface area contributed by atoms with Crippen molar-refractivity contribution in [2.45, 2.75) is 51.7 Å². The first kappa shape index (κ1) is 13.1. The average Bonchev–Trinajstić information content (AvgIpc) is 2.42. The molecule has 0 amide bonds. The lowest BCUT2D eigenvalue weighted by Gasteiger charge is -2.47. The van der Waals surface area contributed by atoms with Gasteiger partial charge in [0.25, 0.3) is 0 Å². The van der Waals surface area contributed by atoms with Crippen LogP contribution in [0.25, 0.3) is 0 Å². The average molecular weight is 259 g/mol. The highest BCUT2D eigenvalue weighted by Gasteiger charge is 2.32. The van der Waals surface area contributed by atoms with Crippen molar-refractivity contribution in [2.24, 2.45) is 0 Å². The molecule has 0 spiro atoms. The Morgan fingerprint density at radius 2 is 2.21 bits per heavy atom. The smallest absolute Gasteiger partial charge is 0.0573 e. The van der Waals surface area contributed by atoms with E-state index in [-0.39, 0.29) is 0 Å². The summed E-state index contributed by atoms with van der Waals surface area (Å²) in [6.07, 6.45) is 6.10. The second kappa shape index (κ2) is 5.59. The van der Waals surface area contributed by atoms with Crippen LogP contribution >= 0.6 is 0 Å². The molecule has 0 bridgehead atoms. The van der Waals surface area contributed by atoms with E-state index < -0.39 is 0 Å². The van der Waals surface area contributed by atoms with Gasteiger partial charge in [-0.15, -0.1) is 0 Å². The lowest BCUT2D eigenvalue weighted by Crippen LogP contribution is -2.58. The van der Waals surface area contributed by atoms with Crippen molar-refractivity contribution >= 4 is 0 Å². The molecule has 2 unspecified atom stereocenters. The Labute approximate surface area is 116 Å². The summed E-state index contributed by atoms with van der Waals surface area (Å²) in [5, 5.41) is 0. The van der Waals surface area contributed by atoms with Crippen molar-refractivity contribution in [1.82, 2.24) is 14.8 Å². The molecule has 2 fully saturated rings. The zero-order valence-electron chi connectivity index (χ0n) is 12.2. The van der Waals surface area contributed by atoms with Gasteiger partial charge in [-0.05, 0) is 44.9 Å². The largest absolute Gasteiger partial charge is 0.298 e. The Hall–Kier alpha value is -0.930. The normalized spacial score (nSPS) is 29.2. The maximum absolute atomic E-state index is 4.56. The highest BCUT2D eigenvalue weighted by molar-refractivity contribution is 5.17. The lowest BCUT2D eigenvalue weighted by molar-refractivity contribution is 0.0104. The predicted octanol–water partition coefficient (Wildman–Crippen LogP) is 2.45. The molecule has 1 aromatic heterocycles. The number of aryl methyl sites for hydroxylation is 1. The Morgan fingerprint density at radius 3 is 3.05 bits per heavy atom. The summed E-state index contributed by atoms with van der Waals surface area (Å²) in [6.45, 7) is 9.31. The van der Waals surface area contributed by atoms with E-state index in [0.29, 0.717) is 6.04 Å². The fraction of sp³-hybridized carbons (Fsp3) is 0.688. The van der Waals surface area contributed by atoms with Gasteiger partial charge in [0.05, 0.1) is 5.69 Å². The highest BCUT2D eigenvalue weighted by Crippen LogP contribution is 2.25. The van der Waals surface area contributed by atoms with Crippen LogP contribution in [0.15, 0.2) is 18.3 Å². The molecule has 3 nitrogen and oxygen atoms in total. The molecule has 3 heteroatoms. The van der Waals surface area contributed by atoms with Gasteiger partial charge in [-0.1, -0.05) is 12.5 Å². The van der Waals surface area contributed by atoms with E-state index in [0.717, 1.165) is 12.6 Å². The molecule has 2 aliphatic heterocycles. The molecule has 2 saturated heterocycles. The molecule has 104 valence electrons. The third-order valence-electron chi connectivity index (χ3n) is 4.79.